The van der Waals surface area contributed by atoms with Crippen molar-refractivity contribution in [3.8, 4) is 0 Å². The van der Waals surface area contributed by atoms with Crippen molar-refractivity contribution in [1.82, 2.24) is 0 Å². The number of carbonyl (C=O) groups excluding carboxylic acids is 2. The minimum absolute atomic E-state index is 0.0126. The molecule has 2 bridgehead atoms. The number of carbonyl (C=O) groups is 2. The number of esters is 1. The van der Waals surface area contributed by atoms with Gasteiger partial charge in [-0.05, 0) is 80.1 Å². The second-order valence-electron chi connectivity index (χ2n) is 11.7. The van der Waals surface area contributed by atoms with Gasteiger partial charge in [-0.2, -0.15) is 0 Å². The molecule has 0 N–H and O–H groups in total. The molecular weight excluding hydrogens is 372 g/mol. The lowest BCUT2D eigenvalue weighted by Gasteiger charge is -2.63. The fraction of sp³-hybridized carbons (Fsp3) is 0.704. The first kappa shape index (κ1) is 20.3. The van der Waals surface area contributed by atoms with Gasteiger partial charge in [0.15, 0.2) is 0 Å². The van der Waals surface area contributed by atoms with Gasteiger partial charge in [0.2, 0.25) is 0 Å². The Morgan fingerprint density at radius 1 is 1.00 bits per heavy atom. The Bertz CT molecular complexity index is 862. The van der Waals surface area contributed by atoms with Crippen molar-refractivity contribution in [2.75, 3.05) is 0 Å². The number of hydrogen-bond donors (Lipinski definition) is 0. The largest absolute Gasteiger partial charge is 0.460 e. The van der Waals surface area contributed by atoms with Crippen molar-refractivity contribution >= 4 is 11.8 Å². The number of Topliss-reactive ketones (excluding diaryl/α,β-unsaturated/α-hetero) is 1. The summed E-state index contributed by atoms with van der Waals surface area (Å²) in [6.45, 7) is 7.20. The summed E-state index contributed by atoms with van der Waals surface area (Å²) in [5, 5.41) is 0. The lowest BCUT2D eigenvalue weighted by molar-refractivity contribution is -0.188. The zero-order valence-electron chi connectivity index (χ0n) is 18.8. The summed E-state index contributed by atoms with van der Waals surface area (Å²) in [4.78, 5) is 26.3. The van der Waals surface area contributed by atoms with E-state index in [0.717, 1.165) is 56.9 Å². The Balaban J connectivity index is 1.40. The fourth-order valence-electron chi connectivity index (χ4n) is 8.64. The molecule has 0 aromatic heterocycles. The molecule has 0 radical (unpaired) electrons. The zero-order chi connectivity index (χ0) is 21.2. The van der Waals surface area contributed by atoms with E-state index in [9.17, 15) is 9.59 Å². The van der Waals surface area contributed by atoms with Crippen LogP contribution in [0, 0.1) is 33.5 Å². The summed E-state index contributed by atoms with van der Waals surface area (Å²) < 4.78 is 5.90. The van der Waals surface area contributed by atoms with Gasteiger partial charge in [0.05, 0.1) is 5.41 Å². The molecule has 3 heteroatoms. The second-order valence-corrected chi connectivity index (χ2v) is 11.7. The fourth-order valence-corrected chi connectivity index (χ4v) is 8.64. The second kappa shape index (κ2) is 6.68. The van der Waals surface area contributed by atoms with Gasteiger partial charge >= 0.3 is 5.97 Å². The highest BCUT2D eigenvalue weighted by Gasteiger charge is 2.68. The van der Waals surface area contributed by atoms with Crippen molar-refractivity contribution in [1.29, 1.82) is 0 Å². The van der Waals surface area contributed by atoms with E-state index >= 15 is 0 Å². The van der Waals surface area contributed by atoms with Gasteiger partial charge < -0.3 is 4.74 Å². The van der Waals surface area contributed by atoms with Gasteiger partial charge in [-0.15, -0.1) is 0 Å². The Morgan fingerprint density at radius 3 is 2.50 bits per heavy atom. The normalized spacial score (nSPS) is 44.8. The van der Waals surface area contributed by atoms with Gasteiger partial charge in [0.1, 0.15) is 12.4 Å². The first-order chi connectivity index (χ1) is 14.2. The maximum absolute atomic E-state index is 13.4. The van der Waals surface area contributed by atoms with Gasteiger partial charge in [-0.3, -0.25) is 9.59 Å². The molecule has 0 heterocycles. The molecule has 1 aromatic carbocycles. The number of fused-ring (bicyclic) bond motifs is 3. The van der Waals surface area contributed by atoms with E-state index in [4.69, 9.17) is 4.74 Å². The zero-order valence-corrected chi connectivity index (χ0v) is 18.8. The molecule has 1 spiro atoms. The van der Waals surface area contributed by atoms with Crippen LogP contribution in [-0.4, -0.2) is 11.8 Å². The maximum Gasteiger partial charge on any atom is 0.312 e. The molecule has 4 fully saturated rings. The van der Waals surface area contributed by atoms with E-state index in [1.54, 1.807) is 0 Å². The standard InChI is InChI=1S/C27H36O3/c1-24-14-10-21-25(2)12-7-13-26(3,23(29)30-17-19-8-5-4-6-9-19)20(25)11-15-27(21,18-24)16-22(24)28/h4-6,8-9,20-21H,7,10-18H2,1-3H3/t20-,21-,24-,25+,26+,27-/m0/s1. The van der Waals surface area contributed by atoms with Crippen LogP contribution in [0.15, 0.2) is 30.3 Å². The average molecular weight is 409 g/mol. The van der Waals surface area contributed by atoms with Crippen LogP contribution in [0.25, 0.3) is 0 Å². The van der Waals surface area contributed by atoms with Crippen LogP contribution < -0.4 is 0 Å². The number of ketones is 1. The molecular formula is C27H36O3. The van der Waals surface area contributed by atoms with Crippen LogP contribution in [0.2, 0.25) is 0 Å². The molecule has 3 nitrogen and oxygen atoms in total. The van der Waals surface area contributed by atoms with E-state index in [0.29, 0.717) is 24.2 Å². The van der Waals surface area contributed by atoms with Gasteiger partial charge in [-0.25, -0.2) is 0 Å². The lowest BCUT2D eigenvalue weighted by Crippen LogP contribution is -2.58. The van der Waals surface area contributed by atoms with E-state index < -0.39 is 5.41 Å². The van der Waals surface area contributed by atoms with Crippen LogP contribution in [0.1, 0.15) is 84.1 Å². The molecule has 162 valence electrons. The summed E-state index contributed by atoms with van der Waals surface area (Å²) in [6, 6.07) is 9.99. The summed E-state index contributed by atoms with van der Waals surface area (Å²) in [5.74, 6) is 1.43. The lowest BCUT2D eigenvalue weighted by atomic mass is 9.40. The van der Waals surface area contributed by atoms with E-state index in [1.807, 2.05) is 30.3 Å². The van der Waals surface area contributed by atoms with E-state index in [1.165, 1.54) is 6.42 Å². The first-order valence-corrected chi connectivity index (χ1v) is 12.0. The molecule has 0 amide bonds. The van der Waals surface area contributed by atoms with Gasteiger partial charge in [-0.1, -0.05) is 50.6 Å². The molecule has 0 saturated heterocycles. The molecule has 4 saturated carbocycles. The van der Waals surface area contributed by atoms with E-state index in [-0.39, 0.29) is 22.2 Å². The first-order valence-electron chi connectivity index (χ1n) is 12.0. The third-order valence-corrected chi connectivity index (χ3v) is 10.0. The average Bonchev–Trinajstić information content (AvgIpc) is 2.90. The number of ether oxygens (including phenoxy) is 1. The molecule has 30 heavy (non-hydrogen) atoms. The third kappa shape index (κ3) is 2.76. The van der Waals surface area contributed by atoms with Crippen molar-refractivity contribution < 1.29 is 14.3 Å². The Kier molecular flexibility index (Phi) is 4.51. The van der Waals surface area contributed by atoms with Crippen molar-refractivity contribution in [2.45, 2.75) is 85.2 Å². The van der Waals surface area contributed by atoms with Crippen molar-refractivity contribution in [2.24, 2.45) is 33.5 Å². The molecule has 0 unspecified atom stereocenters. The monoisotopic (exact) mass is 408 g/mol. The predicted molar refractivity (Wildman–Crippen MR) is 117 cm³/mol. The minimum atomic E-state index is -0.410. The van der Waals surface area contributed by atoms with Crippen LogP contribution >= 0.6 is 0 Å². The summed E-state index contributed by atoms with van der Waals surface area (Å²) in [5.41, 5.74) is 0.899. The smallest absolute Gasteiger partial charge is 0.312 e. The summed E-state index contributed by atoms with van der Waals surface area (Å²) in [7, 11) is 0. The van der Waals surface area contributed by atoms with Crippen LogP contribution in [0.3, 0.4) is 0 Å². The molecule has 4 aliphatic carbocycles. The van der Waals surface area contributed by atoms with Crippen molar-refractivity contribution in [3.05, 3.63) is 35.9 Å². The maximum atomic E-state index is 13.4. The Morgan fingerprint density at radius 2 is 1.73 bits per heavy atom. The SMILES string of the molecule is C[C@@]12CC[C@@H]3[C@@](CC[C@H]4[C@@]3(C)CCC[C@@]4(C)C(=O)OCc3ccccc3)(CC1=O)C2. The molecule has 1 aromatic rings. The van der Waals surface area contributed by atoms with Crippen LogP contribution in [0.4, 0.5) is 0 Å². The highest BCUT2D eigenvalue weighted by atomic mass is 16.5. The minimum Gasteiger partial charge on any atom is -0.460 e. The Labute approximate surface area is 181 Å². The molecule has 4 aliphatic rings. The highest BCUT2D eigenvalue weighted by Crippen LogP contribution is 2.73. The topological polar surface area (TPSA) is 43.4 Å². The molecule has 5 rings (SSSR count). The van der Waals surface area contributed by atoms with E-state index in [2.05, 4.69) is 20.8 Å². The molecule has 6 atom stereocenters. The summed E-state index contributed by atoms with van der Waals surface area (Å²) >= 11 is 0. The van der Waals surface area contributed by atoms with Gasteiger partial charge in [0.25, 0.3) is 0 Å². The van der Waals surface area contributed by atoms with Gasteiger partial charge in [0, 0.05) is 11.8 Å². The third-order valence-electron chi connectivity index (χ3n) is 10.0. The van der Waals surface area contributed by atoms with Crippen LogP contribution in [-0.2, 0) is 20.9 Å². The Hall–Kier alpha value is -1.64. The predicted octanol–water partition coefficient (Wildman–Crippen LogP) is 6.10. The molecule has 0 aliphatic heterocycles. The number of rotatable bonds is 3. The summed E-state index contributed by atoms with van der Waals surface area (Å²) in [6.07, 6.45) is 9.44. The number of benzene rings is 1. The highest BCUT2D eigenvalue weighted by molar-refractivity contribution is 5.88. The number of hydrogen-bond acceptors (Lipinski definition) is 3. The quantitative estimate of drug-likeness (QED) is 0.567. The van der Waals surface area contributed by atoms with Crippen LogP contribution in [0.5, 0.6) is 0 Å². The van der Waals surface area contributed by atoms with Crippen molar-refractivity contribution in [3.63, 3.8) is 0 Å².